The van der Waals surface area contributed by atoms with Gasteiger partial charge < -0.3 is 0 Å². The van der Waals surface area contributed by atoms with E-state index in [1.54, 1.807) is 0 Å². The monoisotopic (exact) mass is 306 g/mol. The minimum Gasteiger partial charge on any atom is -0.262 e. The highest BCUT2D eigenvalue weighted by Crippen LogP contribution is 2.21. The third-order valence-corrected chi connectivity index (χ3v) is 4.02. The van der Waals surface area contributed by atoms with Gasteiger partial charge in [0, 0.05) is 0 Å². The molecule has 0 saturated carbocycles. The zero-order valence-corrected chi connectivity index (χ0v) is 10.9. The Balaban J connectivity index is 2.34. The highest BCUT2D eigenvalue weighted by molar-refractivity contribution is 7.89. The van der Waals surface area contributed by atoms with Crippen molar-refractivity contribution in [2.75, 3.05) is 0 Å². The summed E-state index contributed by atoms with van der Waals surface area (Å²) in [6.45, 7) is 1.43. The van der Waals surface area contributed by atoms with Crippen LogP contribution >= 0.6 is 0 Å². The van der Waals surface area contributed by atoms with Crippen molar-refractivity contribution < 1.29 is 21.6 Å². The second-order valence-electron chi connectivity index (χ2n) is 3.89. The zero-order chi connectivity index (χ0) is 14.9. The van der Waals surface area contributed by atoms with Crippen LogP contribution in [0.1, 0.15) is 18.8 Å². The number of sulfonamides is 1. The van der Waals surface area contributed by atoms with Crippen LogP contribution in [-0.4, -0.2) is 23.6 Å². The predicted octanol–water partition coefficient (Wildman–Crippen LogP) is 1.26. The van der Waals surface area contributed by atoms with Crippen molar-refractivity contribution in [3.05, 3.63) is 41.7 Å². The molecule has 0 aliphatic rings. The highest BCUT2D eigenvalue weighted by Gasteiger charge is 2.26. The van der Waals surface area contributed by atoms with Crippen molar-refractivity contribution >= 4 is 10.0 Å². The van der Waals surface area contributed by atoms with Crippen LogP contribution in [0.4, 0.5) is 13.2 Å². The highest BCUT2D eigenvalue weighted by atomic mass is 32.2. The van der Waals surface area contributed by atoms with E-state index in [-0.39, 0.29) is 5.82 Å². The number of aromatic amines is 1. The van der Waals surface area contributed by atoms with Gasteiger partial charge in [-0.3, -0.25) is 5.10 Å². The molecule has 108 valence electrons. The van der Waals surface area contributed by atoms with Crippen LogP contribution in [0.5, 0.6) is 0 Å². The maximum Gasteiger partial charge on any atom is 0.244 e. The number of H-pyrrole nitrogens is 1. The molecule has 0 bridgehead atoms. The maximum atomic E-state index is 13.5. The van der Waals surface area contributed by atoms with E-state index in [4.69, 9.17) is 0 Å². The average molecular weight is 306 g/mol. The summed E-state index contributed by atoms with van der Waals surface area (Å²) < 4.78 is 65.2. The fraction of sp³-hybridized carbons (Fsp3) is 0.200. The van der Waals surface area contributed by atoms with Crippen LogP contribution in [0.3, 0.4) is 0 Å². The standard InChI is InChI=1S/C10H9F3N4O2S/c1-5(10-14-4-15-16-10)17-20(18,19)7-3-2-6(11)8(12)9(7)13/h2-5,17H,1H3,(H,14,15,16). The van der Waals surface area contributed by atoms with Crippen molar-refractivity contribution in [2.45, 2.75) is 17.9 Å². The van der Waals surface area contributed by atoms with Crippen LogP contribution < -0.4 is 4.72 Å². The van der Waals surface area contributed by atoms with Crippen molar-refractivity contribution in [1.82, 2.24) is 19.9 Å². The first-order valence-electron chi connectivity index (χ1n) is 5.34. The topological polar surface area (TPSA) is 87.7 Å². The van der Waals surface area contributed by atoms with Crippen LogP contribution in [0.2, 0.25) is 0 Å². The molecule has 1 aromatic carbocycles. The Labute approximate surface area is 112 Å². The molecule has 0 spiro atoms. The van der Waals surface area contributed by atoms with E-state index in [1.807, 2.05) is 0 Å². The summed E-state index contributed by atoms with van der Waals surface area (Å²) in [7, 11) is -4.37. The molecule has 0 fully saturated rings. The summed E-state index contributed by atoms with van der Waals surface area (Å²) in [6.07, 6.45) is 1.16. The SMILES string of the molecule is CC(NS(=O)(=O)c1ccc(F)c(F)c1F)c1ncn[nH]1. The minimum atomic E-state index is -4.37. The van der Waals surface area contributed by atoms with Crippen molar-refractivity contribution in [3.8, 4) is 0 Å². The summed E-state index contributed by atoms with van der Waals surface area (Å²) in [5.41, 5.74) is 0. The van der Waals surface area contributed by atoms with Gasteiger partial charge in [0.1, 0.15) is 17.0 Å². The van der Waals surface area contributed by atoms with Crippen LogP contribution in [0, 0.1) is 17.5 Å². The smallest absolute Gasteiger partial charge is 0.244 e. The lowest BCUT2D eigenvalue weighted by Crippen LogP contribution is -2.28. The summed E-state index contributed by atoms with van der Waals surface area (Å²) in [5.74, 6) is -4.90. The van der Waals surface area contributed by atoms with Crippen molar-refractivity contribution in [2.24, 2.45) is 0 Å². The second-order valence-corrected chi connectivity index (χ2v) is 5.57. The first-order valence-corrected chi connectivity index (χ1v) is 6.82. The van der Waals surface area contributed by atoms with Gasteiger partial charge in [0.05, 0.1) is 6.04 Å². The summed E-state index contributed by atoms with van der Waals surface area (Å²) >= 11 is 0. The van der Waals surface area contributed by atoms with Gasteiger partial charge in [-0.25, -0.2) is 31.3 Å². The fourth-order valence-corrected chi connectivity index (χ4v) is 2.77. The molecule has 2 aromatic rings. The number of hydrogen-bond donors (Lipinski definition) is 2. The number of halogens is 3. The van der Waals surface area contributed by atoms with E-state index in [0.717, 1.165) is 6.33 Å². The molecule has 2 N–H and O–H groups in total. The molecule has 0 radical (unpaired) electrons. The van der Waals surface area contributed by atoms with Gasteiger partial charge in [-0.2, -0.15) is 5.10 Å². The lowest BCUT2D eigenvalue weighted by molar-refractivity contribution is 0.431. The lowest BCUT2D eigenvalue weighted by Gasteiger charge is -2.12. The number of benzene rings is 1. The predicted molar refractivity (Wildman–Crippen MR) is 61.4 cm³/mol. The quantitative estimate of drug-likeness (QED) is 0.833. The Morgan fingerprint density at radius 1 is 1.25 bits per heavy atom. The first kappa shape index (κ1) is 14.5. The third-order valence-electron chi connectivity index (χ3n) is 2.47. The molecule has 0 aliphatic carbocycles. The molecule has 20 heavy (non-hydrogen) atoms. The van der Waals surface area contributed by atoms with Gasteiger partial charge >= 0.3 is 0 Å². The fourth-order valence-electron chi connectivity index (χ4n) is 1.49. The molecule has 1 heterocycles. The van der Waals surface area contributed by atoms with Gasteiger partial charge in [-0.15, -0.1) is 0 Å². The minimum absolute atomic E-state index is 0.191. The van der Waals surface area contributed by atoms with Gasteiger partial charge in [0.15, 0.2) is 17.5 Å². The van der Waals surface area contributed by atoms with E-state index in [2.05, 4.69) is 19.9 Å². The number of hydrogen-bond acceptors (Lipinski definition) is 4. The van der Waals surface area contributed by atoms with Gasteiger partial charge in [-0.1, -0.05) is 0 Å². The molecule has 1 unspecified atom stereocenters. The van der Waals surface area contributed by atoms with E-state index in [0.29, 0.717) is 12.1 Å². The maximum absolute atomic E-state index is 13.5. The summed E-state index contributed by atoms with van der Waals surface area (Å²) in [6, 6.07) is 0.324. The Morgan fingerprint density at radius 3 is 2.55 bits per heavy atom. The van der Waals surface area contributed by atoms with Crippen LogP contribution in [-0.2, 0) is 10.0 Å². The van der Waals surface area contributed by atoms with Crippen molar-refractivity contribution in [1.29, 1.82) is 0 Å². The first-order chi connectivity index (χ1) is 9.33. The number of nitrogens with zero attached hydrogens (tertiary/aromatic N) is 2. The van der Waals surface area contributed by atoms with E-state index >= 15 is 0 Å². The molecule has 0 saturated heterocycles. The Kier molecular flexibility index (Phi) is 3.77. The number of nitrogens with one attached hydrogen (secondary N) is 2. The normalized spacial score (nSPS) is 13.4. The van der Waals surface area contributed by atoms with Crippen molar-refractivity contribution in [3.63, 3.8) is 0 Å². The molecule has 1 aromatic heterocycles. The van der Waals surface area contributed by atoms with E-state index in [1.165, 1.54) is 6.92 Å². The number of rotatable bonds is 4. The van der Waals surface area contributed by atoms with Gasteiger partial charge in [0.25, 0.3) is 0 Å². The second kappa shape index (κ2) is 5.21. The lowest BCUT2D eigenvalue weighted by atomic mass is 10.3. The van der Waals surface area contributed by atoms with Crippen LogP contribution in [0.25, 0.3) is 0 Å². The number of aromatic nitrogens is 3. The molecule has 0 amide bonds. The summed E-state index contributed by atoms with van der Waals surface area (Å²) in [5, 5.41) is 5.96. The molecule has 10 heteroatoms. The summed E-state index contributed by atoms with van der Waals surface area (Å²) in [4.78, 5) is 2.74. The molecule has 0 aliphatic heterocycles. The Morgan fingerprint density at radius 2 is 1.95 bits per heavy atom. The van der Waals surface area contributed by atoms with Gasteiger partial charge in [0.2, 0.25) is 10.0 Å². The Bertz CT molecular complexity index is 718. The third kappa shape index (κ3) is 2.65. The Hall–Kier alpha value is -1.94. The zero-order valence-electron chi connectivity index (χ0n) is 10.1. The molecule has 2 rings (SSSR count). The molecular formula is C10H9F3N4O2S. The van der Waals surface area contributed by atoms with E-state index < -0.39 is 38.4 Å². The molecular weight excluding hydrogens is 297 g/mol. The van der Waals surface area contributed by atoms with Crippen LogP contribution in [0.15, 0.2) is 23.4 Å². The molecule has 6 nitrogen and oxygen atoms in total. The average Bonchev–Trinajstić information content (AvgIpc) is 2.89. The van der Waals surface area contributed by atoms with Gasteiger partial charge in [-0.05, 0) is 19.1 Å². The van der Waals surface area contributed by atoms with E-state index in [9.17, 15) is 21.6 Å². The molecule has 1 atom stereocenters. The largest absolute Gasteiger partial charge is 0.262 e.